The number of aliphatic hydroxyl groups is 1. The predicted molar refractivity (Wildman–Crippen MR) is 87.7 cm³/mol. The van der Waals surface area contributed by atoms with Crippen molar-refractivity contribution >= 4 is 12.1 Å². The molecule has 0 spiro atoms. The van der Waals surface area contributed by atoms with Crippen molar-refractivity contribution in [3.8, 4) is 0 Å². The Morgan fingerprint density at radius 2 is 1.78 bits per heavy atom. The molecule has 0 aromatic heterocycles. The highest BCUT2D eigenvalue weighted by Crippen LogP contribution is 2.66. The molecule has 8 atom stereocenters. The van der Waals surface area contributed by atoms with Gasteiger partial charge in [0, 0.05) is 6.42 Å². The monoisotopic (exact) mass is 318 g/mol. The van der Waals surface area contributed by atoms with Gasteiger partial charge in [-0.25, -0.2) is 0 Å². The zero-order valence-electron chi connectivity index (χ0n) is 14.5. The van der Waals surface area contributed by atoms with E-state index in [2.05, 4.69) is 13.8 Å². The Morgan fingerprint density at radius 1 is 1.04 bits per heavy atom. The second kappa shape index (κ2) is 5.15. The van der Waals surface area contributed by atoms with Crippen molar-refractivity contribution in [2.24, 2.45) is 40.4 Å². The summed E-state index contributed by atoms with van der Waals surface area (Å²) in [4.78, 5) is 23.6. The van der Waals surface area contributed by atoms with Gasteiger partial charge in [-0.2, -0.15) is 0 Å². The third-order valence-electron chi connectivity index (χ3n) is 8.70. The molecule has 0 heterocycles. The number of Topliss-reactive ketones (excluding diaryl/α,β-unsaturated/α-hetero) is 1. The second-order valence-electron chi connectivity index (χ2n) is 9.41. The van der Waals surface area contributed by atoms with E-state index in [1.807, 2.05) is 0 Å². The van der Waals surface area contributed by atoms with Crippen LogP contribution >= 0.6 is 0 Å². The van der Waals surface area contributed by atoms with E-state index >= 15 is 0 Å². The molecule has 0 amide bonds. The van der Waals surface area contributed by atoms with Gasteiger partial charge in [0.15, 0.2) is 0 Å². The van der Waals surface area contributed by atoms with Gasteiger partial charge in [0.2, 0.25) is 0 Å². The van der Waals surface area contributed by atoms with Crippen LogP contribution in [0.2, 0.25) is 0 Å². The topological polar surface area (TPSA) is 54.4 Å². The number of ketones is 1. The number of aliphatic hydroxyl groups excluding tert-OH is 1. The van der Waals surface area contributed by atoms with E-state index in [0.29, 0.717) is 30.1 Å². The maximum Gasteiger partial charge on any atom is 0.143 e. The lowest BCUT2D eigenvalue weighted by Crippen LogP contribution is -2.55. The fraction of sp³-hybridized carbons (Fsp3) is 0.900. The minimum absolute atomic E-state index is 0.110. The molecule has 0 aliphatic heterocycles. The highest BCUT2D eigenvalue weighted by Gasteiger charge is 2.60. The molecule has 0 aromatic rings. The third kappa shape index (κ3) is 2.04. The Morgan fingerprint density at radius 3 is 2.52 bits per heavy atom. The average molecular weight is 318 g/mol. The molecule has 23 heavy (non-hydrogen) atoms. The predicted octanol–water partition coefficient (Wildman–Crippen LogP) is 3.38. The lowest BCUT2D eigenvalue weighted by atomic mass is 9.44. The van der Waals surface area contributed by atoms with Gasteiger partial charge in [-0.05, 0) is 79.4 Å². The summed E-state index contributed by atoms with van der Waals surface area (Å²) in [5.74, 6) is 2.26. The zero-order valence-corrected chi connectivity index (χ0v) is 14.5. The van der Waals surface area contributed by atoms with Crippen LogP contribution in [0.3, 0.4) is 0 Å². The number of hydrogen-bond donors (Lipinski definition) is 1. The summed E-state index contributed by atoms with van der Waals surface area (Å²) in [6.07, 6.45) is 8.92. The number of fused-ring (bicyclic) bond motifs is 5. The Balaban J connectivity index is 1.65. The molecule has 0 radical (unpaired) electrons. The SMILES string of the molecule is C[C@]12CC[C@H]3[C@@H](CCC4CC(=O)C(C=O)C[C@@]43C)[C@@H]1CC[C@@H]2O. The minimum Gasteiger partial charge on any atom is -0.393 e. The van der Waals surface area contributed by atoms with Gasteiger partial charge >= 0.3 is 0 Å². The largest absolute Gasteiger partial charge is 0.393 e. The van der Waals surface area contributed by atoms with Crippen LogP contribution in [0, 0.1) is 40.4 Å². The first-order valence-electron chi connectivity index (χ1n) is 9.56. The van der Waals surface area contributed by atoms with E-state index in [1.54, 1.807) is 0 Å². The normalized spacial score (nSPS) is 55.7. The molecule has 2 unspecified atom stereocenters. The third-order valence-corrected chi connectivity index (χ3v) is 8.70. The summed E-state index contributed by atoms with van der Waals surface area (Å²) in [6.45, 7) is 4.67. The summed E-state index contributed by atoms with van der Waals surface area (Å²) in [7, 11) is 0. The van der Waals surface area contributed by atoms with Gasteiger partial charge in [-0.3, -0.25) is 4.79 Å². The molecule has 0 bridgehead atoms. The summed E-state index contributed by atoms with van der Waals surface area (Å²) < 4.78 is 0. The molecule has 3 nitrogen and oxygen atoms in total. The fourth-order valence-electron chi connectivity index (χ4n) is 7.27. The van der Waals surface area contributed by atoms with Gasteiger partial charge in [0.1, 0.15) is 12.1 Å². The van der Waals surface area contributed by atoms with E-state index in [1.165, 1.54) is 12.8 Å². The van der Waals surface area contributed by atoms with Crippen molar-refractivity contribution in [1.29, 1.82) is 0 Å². The first kappa shape index (κ1) is 15.8. The van der Waals surface area contributed by atoms with Crippen molar-refractivity contribution in [3.05, 3.63) is 0 Å². The van der Waals surface area contributed by atoms with E-state index in [9.17, 15) is 14.7 Å². The average Bonchev–Trinajstić information content (AvgIpc) is 2.83. The summed E-state index contributed by atoms with van der Waals surface area (Å²) in [6, 6.07) is 0. The van der Waals surface area contributed by atoms with Crippen molar-refractivity contribution in [2.45, 2.75) is 71.3 Å². The maximum atomic E-state index is 12.2. The van der Waals surface area contributed by atoms with Gasteiger partial charge in [-0.15, -0.1) is 0 Å². The number of aldehydes is 1. The van der Waals surface area contributed by atoms with Gasteiger partial charge < -0.3 is 9.90 Å². The highest BCUT2D eigenvalue weighted by molar-refractivity contribution is 5.94. The lowest BCUT2D eigenvalue weighted by Gasteiger charge is -2.60. The molecule has 0 aromatic carbocycles. The first-order valence-corrected chi connectivity index (χ1v) is 9.56. The van der Waals surface area contributed by atoms with Gasteiger partial charge in [0.25, 0.3) is 0 Å². The van der Waals surface area contributed by atoms with Crippen LogP contribution in [-0.4, -0.2) is 23.3 Å². The molecule has 4 fully saturated rings. The summed E-state index contributed by atoms with van der Waals surface area (Å²) in [5.41, 5.74) is 0.260. The van der Waals surface area contributed by atoms with Crippen LogP contribution in [0.5, 0.6) is 0 Å². The number of hydrogen-bond acceptors (Lipinski definition) is 3. The molecule has 1 N–H and O–H groups in total. The summed E-state index contributed by atoms with van der Waals surface area (Å²) >= 11 is 0. The Hall–Kier alpha value is -0.700. The van der Waals surface area contributed by atoms with E-state index in [0.717, 1.165) is 38.4 Å². The number of carbonyl (C=O) groups is 2. The van der Waals surface area contributed by atoms with Crippen LogP contribution < -0.4 is 0 Å². The number of rotatable bonds is 1. The zero-order chi connectivity index (χ0) is 16.4. The molecule has 3 heteroatoms. The first-order chi connectivity index (χ1) is 10.9. The Bertz CT molecular complexity index is 529. The lowest BCUT2D eigenvalue weighted by molar-refractivity contribution is -0.151. The van der Waals surface area contributed by atoms with Gasteiger partial charge in [-0.1, -0.05) is 13.8 Å². The standard InChI is InChI=1S/C20H30O3/c1-19-8-7-16-14(15(19)5-6-18(19)23)4-3-13-9-17(22)12(11-21)10-20(13,16)2/h11-16,18,23H,3-10H2,1-2H3/t12?,13?,14-,15-,16-,18-,19-,20-/m0/s1. The van der Waals surface area contributed by atoms with Crippen LogP contribution in [0.15, 0.2) is 0 Å². The molecule has 0 saturated heterocycles. The van der Waals surface area contributed by atoms with Crippen LogP contribution in [0.25, 0.3) is 0 Å². The van der Waals surface area contributed by atoms with Crippen molar-refractivity contribution in [3.63, 3.8) is 0 Å². The summed E-state index contributed by atoms with van der Waals surface area (Å²) in [5, 5.41) is 10.5. The molecule has 4 aliphatic rings. The Kier molecular flexibility index (Phi) is 3.54. The maximum absolute atomic E-state index is 12.2. The van der Waals surface area contributed by atoms with E-state index in [-0.39, 0.29) is 28.6 Å². The molecule has 128 valence electrons. The molecule has 4 saturated carbocycles. The van der Waals surface area contributed by atoms with Crippen molar-refractivity contribution in [1.82, 2.24) is 0 Å². The van der Waals surface area contributed by atoms with Crippen LogP contribution in [0.4, 0.5) is 0 Å². The molecular formula is C20H30O3. The molecular weight excluding hydrogens is 288 g/mol. The Labute approximate surface area is 139 Å². The van der Waals surface area contributed by atoms with Gasteiger partial charge in [0.05, 0.1) is 12.0 Å². The van der Waals surface area contributed by atoms with E-state index in [4.69, 9.17) is 0 Å². The van der Waals surface area contributed by atoms with Crippen LogP contribution in [0.1, 0.15) is 65.2 Å². The smallest absolute Gasteiger partial charge is 0.143 e. The molecule has 4 rings (SSSR count). The van der Waals surface area contributed by atoms with Crippen LogP contribution in [-0.2, 0) is 9.59 Å². The molecule has 4 aliphatic carbocycles. The highest BCUT2D eigenvalue weighted by atomic mass is 16.3. The van der Waals surface area contributed by atoms with E-state index < -0.39 is 0 Å². The fourth-order valence-corrected chi connectivity index (χ4v) is 7.27. The second-order valence-corrected chi connectivity index (χ2v) is 9.41. The van der Waals surface area contributed by atoms with Crippen molar-refractivity contribution < 1.29 is 14.7 Å². The number of carbonyl (C=O) groups excluding carboxylic acids is 2. The quantitative estimate of drug-likeness (QED) is 0.595. The van der Waals surface area contributed by atoms with Crippen molar-refractivity contribution in [2.75, 3.05) is 0 Å². The minimum atomic E-state index is -0.363.